The van der Waals surface area contributed by atoms with Gasteiger partial charge in [0.2, 0.25) is 0 Å². The molecule has 0 saturated carbocycles. The van der Waals surface area contributed by atoms with Crippen molar-refractivity contribution in [3.05, 3.63) is 83.4 Å². The second-order valence-corrected chi connectivity index (χ2v) is 7.65. The van der Waals surface area contributed by atoms with Crippen LogP contribution in [0.3, 0.4) is 0 Å². The molecule has 0 aliphatic heterocycles. The molecule has 8 heteroatoms. The van der Waals surface area contributed by atoms with E-state index in [9.17, 15) is 0 Å². The molecular weight excluding hydrogens is 398 g/mol. The van der Waals surface area contributed by atoms with Gasteiger partial charge in [-0.2, -0.15) is 0 Å². The van der Waals surface area contributed by atoms with Crippen LogP contribution in [0, 0.1) is 0 Å². The van der Waals surface area contributed by atoms with Gasteiger partial charge in [0.05, 0.1) is 24.4 Å². The van der Waals surface area contributed by atoms with Gasteiger partial charge in [-0.15, -0.1) is 10.2 Å². The van der Waals surface area contributed by atoms with Crippen LogP contribution in [0.25, 0.3) is 22.1 Å². The summed E-state index contributed by atoms with van der Waals surface area (Å²) in [5.74, 6) is 0. The first kappa shape index (κ1) is 18.7. The zero-order valence-corrected chi connectivity index (χ0v) is 17.0. The number of nitrogens with zero attached hydrogens (tertiary/aromatic N) is 7. The van der Waals surface area contributed by atoms with Crippen molar-refractivity contribution >= 4 is 33.7 Å². The first-order chi connectivity index (χ1) is 14.8. The van der Waals surface area contributed by atoms with Crippen LogP contribution in [0.1, 0.15) is 5.56 Å². The quantitative estimate of drug-likeness (QED) is 0.400. The normalized spacial score (nSPS) is 11.7. The smallest absolute Gasteiger partial charge is 0.113 e. The summed E-state index contributed by atoms with van der Waals surface area (Å²) in [6.07, 6.45) is 0.885. The number of fused-ring (bicyclic) bond motifs is 2. The molecule has 150 valence electrons. The van der Waals surface area contributed by atoms with E-state index in [1.807, 2.05) is 70.0 Å². The largest absolute Gasteiger partial charge is 0.264 e. The third kappa shape index (κ3) is 3.90. The molecule has 2 aromatic heterocycles. The third-order valence-corrected chi connectivity index (χ3v) is 5.39. The Hall–Kier alpha value is -3.29. The summed E-state index contributed by atoms with van der Waals surface area (Å²) in [6.45, 7) is 2.02. The second-order valence-electron chi connectivity index (χ2n) is 7.21. The number of para-hydroxylation sites is 2. The van der Waals surface area contributed by atoms with Gasteiger partial charge in [-0.1, -0.05) is 58.4 Å². The molecule has 0 atom stereocenters. The van der Waals surface area contributed by atoms with E-state index in [1.165, 1.54) is 5.56 Å². The Morgan fingerprint density at radius 1 is 0.700 bits per heavy atom. The second kappa shape index (κ2) is 8.22. The summed E-state index contributed by atoms with van der Waals surface area (Å²) in [6, 6.07) is 24.0. The Balaban J connectivity index is 1.41. The van der Waals surface area contributed by atoms with Crippen LogP contribution in [0.2, 0.25) is 5.02 Å². The first-order valence-electron chi connectivity index (χ1n) is 9.79. The first-order valence-corrected chi connectivity index (χ1v) is 10.2. The third-order valence-electron chi connectivity index (χ3n) is 5.14. The standard InChI is InChI=1S/C22H20ClN7/c23-18-11-9-17(10-12-18)13-14-28(15-29-21-7-3-1-5-19(21)24-26-29)16-30-22-8-4-2-6-20(22)25-27-30/h1-12H,13-16H2. The van der Waals surface area contributed by atoms with E-state index in [4.69, 9.17) is 11.6 Å². The molecule has 3 aromatic carbocycles. The summed E-state index contributed by atoms with van der Waals surface area (Å²) in [4.78, 5) is 2.29. The molecule has 0 bridgehead atoms. The molecule has 0 aliphatic carbocycles. The number of halogens is 1. The van der Waals surface area contributed by atoms with E-state index in [1.54, 1.807) is 0 Å². The zero-order chi connectivity index (χ0) is 20.3. The molecule has 5 rings (SSSR count). The number of benzene rings is 3. The van der Waals surface area contributed by atoms with E-state index in [-0.39, 0.29) is 0 Å². The maximum Gasteiger partial charge on any atom is 0.113 e. The lowest BCUT2D eigenvalue weighted by atomic mass is 10.1. The van der Waals surface area contributed by atoms with E-state index in [0.29, 0.717) is 13.3 Å². The molecule has 5 aromatic rings. The number of hydrogen-bond donors (Lipinski definition) is 0. The fourth-order valence-corrected chi connectivity index (χ4v) is 3.67. The van der Waals surface area contributed by atoms with E-state index < -0.39 is 0 Å². The lowest BCUT2D eigenvalue weighted by Gasteiger charge is -2.22. The maximum absolute atomic E-state index is 6.03. The summed E-state index contributed by atoms with van der Waals surface area (Å²) in [5, 5.41) is 18.0. The van der Waals surface area contributed by atoms with Crippen molar-refractivity contribution in [3.63, 3.8) is 0 Å². The molecule has 0 spiro atoms. The van der Waals surface area contributed by atoms with Gasteiger partial charge in [0, 0.05) is 11.6 Å². The summed E-state index contributed by atoms with van der Waals surface area (Å²) >= 11 is 6.03. The fourth-order valence-electron chi connectivity index (χ4n) is 3.55. The fraction of sp³-hybridized carbons (Fsp3) is 0.182. The van der Waals surface area contributed by atoms with E-state index in [2.05, 4.69) is 37.7 Å². The van der Waals surface area contributed by atoms with E-state index in [0.717, 1.165) is 40.1 Å². The van der Waals surface area contributed by atoms with Crippen molar-refractivity contribution in [2.45, 2.75) is 19.8 Å². The Labute approximate surface area is 178 Å². The summed E-state index contributed by atoms with van der Waals surface area (Å²) in [7, 11) is 0. The molecule has 0 fully saturated rings. The molecule has 30 heavy (non-hydrogen) atoms. The summed E-state index contributed by atoms with van der Waals surface area (Å²) < 4.78 is 3.85. The van der Waals surface area contributed by atoms with Gasteiger partial charge in [-0.05, 0) is 48.4 Å². The van der Waals surface area contributed by atoms with Crippen molar-refractivity contribution < 1.29 is 0 Å². The van der Waals surface area contributed by atoms with Crippen molar-refractivity contribution in [3.8, 4) is 0 Å². The monoisotopic (exact) mass is 417 g/mol. The molecule has 0 amide bonds. The Morgan fingerprint density at radius 3 is 1.80 bits per heavy atom. The van der Waals surface area contributed by atoms with Gasteiger partial charge in [0.25, 0.3) is 0 Å². The topological polar surface area (TPSA) is 64.7 Å². The number of hydrogen-bond acceptors (Lipinski definition) is 5. The summed E-state index contributed by atoms with van der Waals surface area (Å²) in [5.41, 5.74) is 5.04. The minimum Gasteiger partial charge on any atom is -0.264 e. The number of rotatable bonds is 7. The average molecular weight is 418 g/mol. The van der Waals surface area contributed by atoms with E-state index >= 15 is 0 Å². The van der Waals surface area contributed by atoms with Crippen LogP contribution in [-0.2, 0) is 19.8 Å². The van der Waals surface area contributed by atoms with Gasteiger partial charge in [-0.25, -0.2) is 9.36 Å². The molecule has 0 unspecified atom stereocenters. The van der Waals surface area contributed by atoms with Crippen molar-refractivity contribution in [2.75, 3.05) is 6.54 Å². The highest BCUT2D eigenvalue weighted by Gasteiger charge is 2.13. The molecule has 2 heterocycles. The van der Waals surface area contributed by atoms with Crippen LogP contribution in [-0.4, -0.2) is 41.4 Å². The number of aromatic nitrogens is 6. The van der Waals surface area contributed by atoms with Gasteiger partial charge in [0.1, 0.15) is 11.0 Å². The van der Waals surface area contributed by atoms with Crippen LogP contribution in [0.4, 0.5) is 0 Å². The van der Waals surface area contributed by atoms with Crippen molar-refractivity contribution in [2.24, 2.45) is 0 Å². The molecule has 7 nitrogen and oxygen atoms in total. The molecule has 0 radical (unpaired) electrons. The van der Waals surface area contributed by atoms with Gasteiger partial charge in [0.15, 0.2) is 0 Å². The molecule has 0 saturated heterocycles. The maximum atomic E-state index is 6.03. The van der Waals surface area contributed by atoms with Crippen molar-refractivity contribution in [1.29, 1.82) is 0 Å². The predicted molar refractivity (Wildman–Crippen MR) is 117 cm³/mol. The molecular formula is C22H20ClN7. The molecule has 0 N–H and O–H groups in total. The predicted octanol–water partition coefficient (Wildman–Crippen LogP) is 3.99. The van der Waals surface area contributed by atoms with Gasteiger partial charge in [-0.3, -0.25) is 4.90 Å². The minimum absolute atomic E-state index is 0.599. The highest BCUT2D eigenvalue weighted by Crippen LogP contribution is 2.15. The highest BCUT2D eigenvalue weighted by atomic mass is 35.5. The van der Waals surface area contributed by atoms with Gasteiger partial charge < -0.3 is 0 Å². The zero-order valence-electron chi connectivity index (χ0n) is 16.3. The minimum atomic E-state index is 0.599. The lowest BCUT2D eigenvalue weighted by Crippen LogP contribution is -2.31. The Kier molecular flexibility index (Phi) is 5.13. The van der Waals surface area contributed by atoms with Crippen molar-refractivity contribution in [1.82, 2.24) is 34.9 Å². The highest BCUT2D eigenvalue weighted by molar-refractivity contribution is 6.30. The SMILES string of the molecule is Clc1ccc(CCN(Cn2nnc3ccccc32)Cn2nnc3ccccc32)cc1. The Bertz CT molecular complexity index is 1200. The lowest BCUT2D eigenvalue weighted by molar-refractivity contribution is 0.158. The Morgan fingerprint density at radius 2 is 1.23 bits per heavy atom. The van der Waals surface area contributed by atoms with Gasteiger partial charge >= 0.3 is 0 Å². The van der Waals surface area contributed by atoms with Crippen LogP contribution < -0.4 is 0 Å². The van der Waals surface area contributed by atoms with Crippen LogP contribution in [0.15, 0.2) is 72.8 Å². The average Bonchev–Trinajstić information content (AvgIpc) is 3.38. The van der Waals surface area contributed by atoms with Crippen LogP contribution >= 0.6 is 11.6 Å². The van der Waals surface area contributed by atoms with Crippen LogP contribution in [0.5, 0.6) is 0 Å². The molecule has 0 aliphatic rings.